The van der Waals surface area contributed by atoms with Crippen molar-refractivity contribution in [3.05, 3.63) is 36.7 Å². The third-order valence-electron chi connectivity index (χ3n) is 6.05. The number of benzene rings is 1. The molecule has 1 saturated heterocycles. The van der Waals surface area contributed by atoms with Crippen LogP contribution >= 0.6 is 6.64 Å². The normalized spacial score (nSPS) is 26.8. The predicted molar refractivity (Wildman–Crippen MR) is 145 cm³/mol. The van der Waals surface area contributed by atoms with Gasteiger partial charge in [-0.15, -0.1) is 0 Å². The quantitative estimate of drug-likeness (QED) is 0.187. The zero-order chi connectivity index (χ0) is 29.3. The maximum Gasteiger partial charge on any atom is 0.323 e. The molecule has 13 nitrogen and oxygen atoms in total. The number of fused-ring (bicyclic) bond motifs is 1. The highest BCUT2D eigenvalue weighted by Gasteiger charge is 2.65. The molecule has 6 atom stereocenters. The minimum atomic E-state index is -3.71. The van der Waals surface area contributed by atoms with E-state index in [0.717, 1.165) is 11.5 Å². The molecule has 40 heavy (non-hydrogen) atoms. The Hall–Kier alpha value is -3.01. The minimum absolute atomic E-state index is 0.0468. The molecular weight excluding hydrogens is 571 g/mol. The van der Waals surface area contributed by atoms with Gasteiger partial charge in [-0.2, -0.15) is 9.97 Å². The molecule has 5 N–H and O–H groups in total. The van der Waals surface area contributed by atoms with Crippen LogP contribution in [-0.4, -0.2) is 74.5 Å². The highest BCUT2D eigenvalue weighted by Crippen LogP contribution is 2.52. The van der Waals surface area contributed by atoms with Crippen LogP contribution in [0.5, 0.6) is 5.75 Å². The van der Waals surface area contributed by atoms with Gasteiger partial charge < -0.3 is 34.7 Å². The van der Waals surface area contributed by atoms with Gasteiger partial charge >= 0.3 is 12.6 Å². The van der Waals surface area contributed by atoms with Crippen molar-refractivity contribution < 1.29 is 37.2 Å². The molecule has 0 radical (unpaired) electrons. The summed E-state index contributed by atoms with van der Waals surface area (Å²) in [6.07, 6.45) is -2.90. The Labute approximate surface area is 233 Å². The van der Waals surface area contributed by atoms with Crippen LogP contribution in [0.25, 0.3) is 11.2 Å². The molecule has 218 valence electrons. The van der Waals surface area contributed by atoms with Gasteiger partial charge in [0.1, 0.15) is 18.4 Å². The van der Waals surface area contributed by atoms with E-state index in [1.807, 2.05) is 0 Å². The van der Waals surface area contributed by atoms with Crippen molar-refractivity contribution in [2.45, 2.75) is 50.7 Å². The molecule has 17 heteroatoms. The molecule has 1 aliphatic heterocycles. The second-order valence-corrected chi connectivity index (χ2v) is 12.2. The third kappa shape index (κ3) is 5.87. The summed E-state index contributed by atoms with van der Waals surface area (Å²) in [6, 6.07) is 7.26. The lowest BCUT2D eigenvalue weighted by atomic mass is 9.97. The first kappa shape index (κ1) is 30.0. The minimum Gasteiger partial charge on any atom is -0.465 e. The first-order valence-corrected chi connectivity index (χ1v) is 14.8. The number of para-hydroxylation sites is 1. The van der Waals surface area contributed by atoms with Gasteiger partial charge in [0, 0.05) is 7.05 Å². The van der Waals surface area contributed by atoms with Gasteiger partial charge in [0.15, 0.2) is 35.0 Å². The van der Waals surface area contributed by atoms with Gasteiger partial charge in [-0.1, -0.05) is 18.2 Å². The third-order valence-corrected chi connectivity index (χ3v) is 8.53. The Morgan fingerprint density at radius 3 is 2.70 bits per heavy atom. The van der Waals surface area contributed by atoms with Crippen molar-refractivity contribution in [1.82, 2.24) is 24.6 Å². The van der Waals surface area contributed by atoms with Gasteiger partial charge in [0.25, 0.3) is 5.85 Å². The Kier molecular flexibility index (Phi) is 8.59. The Balaban J connectivity index is 1.61. The average Bonchev–Trinajstić information content (AvgIpc) is 3.40. The second kappa shape index (κ2) is 11.5. The topological polar surface area (TPSA) is 168 Å². The van der Waals surface area contributed by atoms with Gasteiger partial charge in [0.05, 0.1) is 12.9 Å². The van der Waals surface area contributed by atoms with Crippen LogP contribution in [0, 0.1) is 0 Å². The van der Waals surface area contributed by atoms with E-state index in [1.54, 1.807) is 44.3 Å². The molecule has 1 fully saturated rings. The van der Waals surface area contributed by atoms with E-state index in [0.29, 0.717) is 0 Å². The van der Waals surface area contributed by atoms with Gasteiger partial charge in [-0.25, -0.2) is 18.9 Å². The van der Waals surface area contributed by atoms with Crippen molar-refractivity contribution in [2.24, 2.45) is 0 Å². The van der Waals surface area contributed by atoms with E-state index >= 15 is 8.78 Å². The molecule has 1 unspecified atom stereocenters. The Bertz CT molecular complexity index is 1420. The van der Waals surface area contributed by atoms with Crippen LogP contribution in [0.15, 0.2) is 36.7 Å². The molecule has 0 aliphatic carbocycles. The van der Waals surface area contributed by atoms with Crippen LogP contribution < -0.4 is 20.7 Å². The fraction of sp³-hybridized carbons (Fsp3) is 0.478. The summed E-state index contributed by atoms with van der Waals surface area (Å²) in [6.45, 7) is -0.573. The second-order valence-electron chi connectivity index (χ2n) is 9.09. The molecule has 3 aromatic rings. The number of alkyl halides is 2. The van der Waals surface area contributed by atoms with Crippen molar-refractivity contribution in [1.29, 1.82) is 0 Å². The number of rotatable bonds is 11. The highest BCUT2D eigenvalue weighted by atomic mass is 32.5. The summed E-state index contributed by atoms with van der Waals surface area (Å²) >= 11 is 5.56. The van der Waals surface area contributed by atoms with Gasteiger partial charge in [0.2, 0.25) is 5.95 Å². The van der Waals surface area contributed by atoms with E-state index < -0.39 is 49.1 Å². The molecule has 3 heterocycles. The van der Waals surface area contributed by atoms with E-state index in [1.165, 1.54) is 13.3 Å². The molecule has 2 aromatic heterocycles. The number of carbonyl (C=O) groups excluding carboxylic acids is 1. The number of esters is 1. The summed E-state index contributed by atoms with van der Waals surface area (Å²) < 4.78 is 55.2. The van der Waals surface area contributed by atoms with Crippen LogP contribution in [0.4, 0.5) is 20.5 Å². The number of anilines is 2. The number of nitrogens with two attached hydrogens (primary N) is 1. The number of imidazole rings is 1. The average molecular weight is 602 g/mol. The smallest absolute Gasteiger partial charge is 0.323 e. The zero-order valence-corrected chi connectivity index (χ0v) is 23.8. The van der Waals surface area contributed by atoms with Crippen molar-refractivity contribution >= 4 is 47.3 Å². The number of aliphatic hydroxyl groups is 1. The molecular formula is C23H30F2N7O6PS. The number of carbonyl (C=O) groups is 1. The lowest BCUT2D eigenvalue weighted by Gasteiger charge is -2.30. The Morgan fingerprint density at radius 1 is 1.35 bits per heavy atom. The monoisotopic (exact) mass is 601 g/mol. The number of aromatic nitrogens is 4. The standard InChI is InChI=1S/C23H30F2N7O6PS/c1-5-35-18(33)13(2)31-39(40,38-14-9-7-6-8-10-14)36-11-23(25)19(34)22(3,24)20(37-23)32-12-28-15-16(27-4)29-21(26)30-17(15)32/h6-10,12-13,19-20,34H,5,11H2,1-4H3,(H,31,40)(H3,26,27,29,30)/t13-,19+,20-,22-,23-,39?/m1/s1. The summed E-state index contributed by atoms with van der Waals surface area (Å²) in [5.41, 5.74) is 3.35. The fourth-order valence-electron chi connectivity index (χ4n) is 4.08. The fourth-order valence-corrected chi connectivity index (χ4v) is 6.48. The number of aliphatic hydroxyl groups excluding tert-OH is 1. The van der Waals surface area contributed by atoms with Crippen LogP contribution in [0.1, 0.15) is 27.0 Å². The zero-order valence-electron chi connectivity index (χ0n) is 22.1. The van der Waals surface area contributed by atoms with Crippen LogP contribution in [0.3, 0.4) is 0 Å². The molecule has 4 rings (SSSR count). The van der Waals surface area contributed by atoms with Crippen LogP contribution in [0.2, 0.25) is 0 Å². The van der Waals surface area contributed by atoms with E-state index in [4.69, 9.17) is 36.1 Å². The summed E-state index contributed by atoms with van der Waals surface area (Å²) in [5.74, 6) is -3.36. The number of nitrogens with zero attached hydrogens (tertiary/aromatic N) is 4. The van der Waals surface area contributed by atoms with Crippen LogP contribution in [-0.2, 0) is 30.6 Å². The van der Waals surface area contributed by atoms with Crippen molar-refractivity contribution in [3.63, 3.8) is 0 Å². The molecule has 0 bridgehead atoms. The molecule has 1 aliphatic rings. The first-order chi connectivity index (χ1) is 18.8. The largest absolute Gasteiger partial charge is 0.465 e. The first-order valence-electron chi connectivity index (χ1n) is 12.2. The lowest BCUT2D eigenvalue weighted by molar-refractivity contribution is -0.202. The lowest BCUT2D eigenvalue weighted by Crippen LogP contribution is -2.47. The van der Waals surface area contributed by atoms with Crippen molar-refractivity contribution in [3.8, 4) is 5.75 Å². The highest BCUT2D eigenvalue weighted by molar-refractivity contribution is 8.09. The van der Waals surface area contributed by atoms with Crippen molar-refractivity contribution in [2.75, 3.05) is 31.3 Å². The van der Waals surface area contributed by atoms with Gasteiger partial charge in [-0.05, 0) is 44.7 Å². The Morgan fingerprint density at radius 2 is 2.05 bits per heavy atom. The number of hydrogen-bond acceptors (Lipinski definition) is 12. The van der Waals surface area contributed by atoms with E-state index in [9.17, 15) is 9.90 Å². The van der Waals surface area contributed by atoms with E-state index in [-0.39, 0.29) is 35.3 Å². The number of hydrogen-bond donors (Lipinski definition) is 4. The number of nitrogen functional groups attached to an aromatic ring is 1. The van der Waals surface area contributed by atoms with E-state index in [2.05, 4.69) is 25.4 Å². The molecule has 0 spiro atoms. The molecule has 0 amide bonds. The maximum atomic E-state index is 16.2. The number of halogens is 2. The summed E-state index contributed by atoms with van der Waals surface area (Å²) in [4.78, 5) is 24.5. The number of nitrogens with one attached hydrogen (secondary N) is 2. The SMILES string of the molecule is CCOC(=O)[C@@H](C)NP(=S)(OC[C@@]1(F)O[C@@H](n2cnc3c(NC)nc(N)nc32)[C@](C)(F)[C@@H]1O)Oc1ccccc1. The summed E-state index contributed by atoms with van der Waals surface area (Å²) in [7, 11) is 1.58. The maximum absolute atomic E-state index is 16.2. The summed E-state index contributed by atoms with van der Waals surface area (Å²) in [5, 5.41) is 16.3. The number of ether oxygens (including phenoxy) is 2. The molecule has 1 aromatic carbocycles. The van der Waals surface area contributed by atoms with Gasteiger partial charge in [-0.3, -0.25) is 9.36 Å². The predicted octanol–water partition coefficient (Wildman–Crippen LogP) is 2.60. The molecule has 0 saturated carbocycles.